The van der Waals surface area contributed by atoms with Crippen molar-refractivity contribution in [1.29, 1.82) is 0 Å². The lowest BCUT2D eigenvalue weighted by atomic mass is 9.90. The zero-order valence-corrected chi connectivity index (χ0v) is 19.2. The Labute approximate surface area is 184 Å². The Kier molecular flexibility index (Phi) is 6.48. The van der Waals surface area contributed by atoms with Gasteiger partial charge in [0, 0.05) is 30.8 Å². The number of fused-ring (bicyclic) bond motifs is 1. The first-order chi connectivity index (χ1) is 15.0. The molecule has 8 heteroatoms. The number of benzene rings is 1. The molecule has 7 nitrogen and oxygen atoms in total. The van der Waals surface area contributed by atoms with Gasteiger partial charge in [0.25, 0.3) is 5.56 Å². The summed E-state index contributed by atoms with van der Waals surface area (Å²) in [4.78, 5) is 12.9. The molecule has 2 aliphatic rings. The molecule has 0 atom stereocenters. The Hall–Kier alpha value is -2.19. The van der Waals surface area contributed by atoms with E-state index in [0.717, 1.165) is 68.1 Å². The number of nitrogens with zero attached hydrogens (tertiary/aromatic N) is 3. The second-order valence-electron chi connectivity index (χ2n) is 8.32. The standard InChI is InChI=1S/C23H31N3O4S/c1-3-26-23(27)19-11-7-6-10-18(19)22(24-26)17-12-13-20(30-2)21(16-17)31(28,29)25-14-8-4-5-9-15-25/h12-13,16H,3-11,14-15H2,1-2H3. The number of sulfonamides is 1. The van der Waals surface area contributed by atoms with Crippen LogP contribution in [0.3, 0.4) is 0 Å². The van der Waals surface area contributed by atoms with E-state index >= 15 is 0 Å². The van der Waals surface area contributed by atoms with E-state index in [1.165, 1.54) is 11.8 Å². The molecule has 2 heterocycles. The van der Waals surface area contributed by atoms with Crippen LogP contribution in [0.25, 0.3) is 11.3 Å². The van der Waals surface area contributed by atoms with Crippen LogP contribution in [0.4, 0.5) is 0 Å². The quantitative estimate of drug-likeness (QED) is 0.705. The van der Waals surface area contributed by atoms with Gasteiger partial charge in [0.2, 0.25) is 10.0 Å². The van der Waals surface area contributed by atoms with Crippen molar-refractivity contribution in [3.05, 3.63) is 39.7 Å². The summed E-state index contributed by atoms with van der Waals surface area (Å²) in [6.45, 7) is 3.44. The molecule has 0 saturated carbocycles. The molecule has 1 saturated heterocycles. The van der Waals surface area contributed by atoms with Gasteiger partial charge in [0.15, 0.2) is 0 Å². The molecule has 4 rings (SSSR count). The zero-order chi connectivity index (χ0) is 22.0. The number of hydrogen-bond donors (Lipinski definition) is 0. The van der Waals surface area contributed by atoms with Crippen molar-refractivity contribution in [3.63, 3.8) is 0 Å². The van der Waals surface area contributed by atoms with E-state index in [1.807, 2.05) is 13.0 Å². The smallest absolute Gasteiger partial charge is 0.270 e. The average molecular weight is 446 g/mol. The molecule has 31 heavy (non-hydrogen) atoms. The molecule has 1 aliphatic carbocycles. The molecule has 2 aromatic rings. The van der Waals surface area contributed by atoms with Gasteiger partial charge in [-0.2, -0.15) is 9.40 Å². The Morgan fingerprint density at radius 2 is 1.68 bits per heavy atom. The summed E-state index contributed by atoms with van der Waals surface area (Å²) in [6, 6.07) is 5.24. The molecular weight excluding hydrogens is 414 g/mol. The molecule has 0 radical (unpaired) electrons. The van der Waals surface area contributed by atoms with Crippen molar-refractivity contribution in [3.8, 4) is 17.0 Å². The first-order valence-corrected chi connectivity index (χ1v) is 12.7. The maximum absolute atomic E-state index is 13.5. The molecule has 0 bridgehead atoms. The average Bonchev–Trinajstić information content (AvgIpc) is 3.09. The number of hydrogen-bond acceptors (Lipinski definition) is 5. The van der Waals surface area contributed by atoms with Crippen LogP contribution in [0.1, 0.15) is 56.6 Å². The predicted molar refractivity (Wildman–Crippen MR) is 120 cm³/mol. The van der Waals surface area contributed by atoms with Crippen molar-refractivity contribution >= 4 is 10.0 Å². The SMILES string of the molecule is CCn1nc(-c2ccc(OC)c(S(=O)(=O)N3CCCCCC3)c2)c2c(c1=O)CCCC2. The fourth-order valence-electron chi connectivity index (χ4n) is 4.68. The van der Waals surface area contributed by atoms with Crippen molar-refractivity contribution < 1.29 is 13.2 Å². The minimum absolute atomic E-state index is 0.0214. The lowest BCUT2D eigenvalue weighted by Gasteiger charge is -2.23. The van der Waals surface area contributed by atoms with Gasteiger partial charge in [-0.3, -0.25) is 4.79 Å². The normalized spacial score (nSPS) is 17.7. The highest BCUT2D eigenvalue weighted by Crippen LogP contribution is 2.35. The van der Waals surface area contributed by atoms with Gasteiger partial charge >= 0.3 is 0 Å². The first kappa shape index (κ1) is 22.0. The zero-order valence-electron chi connectivity index (χ0n) is 18.4. The van der Waals surface area contributed by atoms with Crippen molar-refractivity contribution in [2.75, 3.05) is 20.2 Å². The van der Waals surface area contributed by atoms with E-state index < -0.39 is 10.0 Å². The summed E-state index contributed by atoms with van der Waals surface area (Å²) in [6.07, 6.45) is 7.39. The number of rotatable bonds is 5. The molecule has 0 N–H and O–H groups in total. The number of ether oxygens (including phenoxy) is 1. The van der Waals surface area contributed by atoms with Crippen LogP contribution >= 0.6 is 0 Å². The summed E-state index contributed by atoms with van der Waals surface area (Å²) in [5.41, 5.74) is 3.20. The van der Waals surface area contributed by atoms with Crippen LogP contribution in [0.15, 0.2) is 27.9 Å². The summed E-state index contributed by atoms with van der Waals surface area (Å²) in [7, 11) is -2.20. The monoisotopic (exact) mass is 445 g/mol. The van der Waals surface area contributed by atoms with Crippen LogP contribution in [0.2, 0.25) is 0 Å². The molecule has 0 amide bonds. The maximum Gasteiger partial charge on any atom is 0.270 e. The van der Waals surface area contributed by atoms with E-state index in [4.69, 9.17) is 4.74 Å². The highest BCUT2D eigenvalue weighted by molar-refractivity contribution is 7.89. The molecule has 0 spiro atoms. The number of aromatic nitrogens is 2. The minimum Gasteiger partial charge on any atom is -0.495 e. The highest BCUT2D eigenvalue weighted by Gasteiger charge is 2.30. The third kappa shape index (κ3) is 4.15. The Balaban J connectivity index is 1.86. The van der Waals surface area contributed by atoms with Gasteiger partial charge in [-0.05, 0) is 69.2 Å². The van der Waals surface area contributed by atoms with Crippen LogP contribution in [0, 0.1) is 0 Å². The van der Waals surface area contributed by atoms with Gasteiger partial charge < -0.3 is 4.74 Å². The van der Waals surface area contributed by atoms with Crippen LogP contribution in [0.5, 0.6) is 5.75 Å². The van der Waals surface area contributed by atoms with E-state index in [-0.39, 0.29) is 10.5 Å². The summed E-state index contributed by atoms with van der Waals surface area (Å²) < 4.78 is 35.6. The Morgan fingerprint density at radius 1 is 1.00 bits per heavy atom. The van der Waals surface area contributed by atoms with E-state index in [9.17, 15) is 13.2 Å². The van der Waals surface area contributed by atoms with Gasteiger partial charge in [0.05, 0.1) is 12.8 Å². The molecule has 168 valence electrons. The van der Waals surface area contributed by atoms with Crippen LogP contribution in [-0.4, -0.2) is 42.7 Å². The lowest BCUT2D eigenvalue weighted by Crippen LogP contribution is -2.32. The maximum atomic E-state index is 13.5. The second-order valence-corrected chi connectivity index (χ2v) is 10.2. The van der Waals surface area contributed by atoms with Gasteiger partial charge in [-0.25, -0.2) is 13.1 Å². The number of methoxy groups -OCH3 is 1. The lowest BCUT2D eigenvalue weighted by molar-refractivity contribution is 0.391. The first-order valence-electron chi connectivity index (χ1n) is 11.3. The third-order valence-corrected chi connectivity index (χ3v) is 8.31. The van der Waals surface area contributed by atoms with Crippen molar-refractivity contribution in [1.82, 2.24) is 14.1 Å². The summed E-state index contributed by atoms with van der Waals surface area (Å²) in [5.74, 6) is 0.339. The van der Waals surface area contributed by atoms with Crippen LogP contribution < -0.4 is 10.3 Å². The van der Waals surface area contributed by atoms with Crippen molar-refractivity contribution in [2.45, 2.75) is 69.7 Å². The van der Waals surface area contributed by atoms with Gasteiger partial charge in [-0.1, -0.05) is 12.8 Å². The topological polar surface area (TPSA) is 81.5 Å². The highest BCUT2D eigenvalue weighted by atomic mass is 32.2. The Bertz CT molecular complexity index is 1120. The molecule has 1 aromatic carbocycles. The Morgan fingerprint density at radius 3 is 2.32 bits per heavy atom. The molecule has 1 aliphatic heterocycles. The van der Waals surface area contributed by atoms with E-state index in [2.05, 4.69) is 5.10 Å². The van der Waals surface area contributed by atoms with E-state index in [1.54, 1.807) is 16.4 Å². The van der Waals surface area contributed by atoms with Gasteiger partial charge in [0.1, 0.15) is 10.6 Å². The fraction of sp³-hybridized carbons (Fsp3) is 0.565. The third-order valence-electron chi connectivity index (χ3n) is 6.39. The second kappa shape index (κ2) is 9.12. The van der Waals surface area contributed by atoms with Crippen molar-refractivity contribution in [2.24, 2.45) is 0 Å². The minimum atomic E-state index is -3.69. The fourth-order valence-corrected chi connectivity index (χ4v) is 6.38. The molecule has 1 aromatic heterocycles. The summed E-state index contributed by atoms with van der Waals surface area (Å²) >= 11 is 0. The summed E-state index contributed by atoms with van der Waals surface area (Å²) in [5, 5.41) is 4.64. The van der Waals surface area contributed by atoms with Crippen LogP contribution in [-0.2, 0) is 29.4 Å². The van der Waals surface area contributed by atoms with E-state index in [0.29, 0.717) is 31.1 Å². The van der Waals surface area contributed by atoms with Gasteiger partial charge in [-0.15, -0.1) is 0 Å². The molecule has 1 fully saturated rings. The molecule has 0 unspecified atom stereocenters. The predicted octanol–water partition coefficient (Wildman–Crippen LogP) is 3.38. The molecular formula is C23H31N3O4S. The number of aryl methyl sites for hydroxylation is 1. The largest absolute Gasteiger partial charge is 0.495 e.